The van der Waals surface area contributed by atoms with Gasteiger partial charge in [0.05, 0.1) is 5.92 Å². The van der Waals surface area contributed by atoms with Crippen LogP contribution in [-0.4, -0.2) is 34.9 Å². The molecule has 0 spiro atoms. The normalized spacial score (nSPS) is 21.1. The van der Waals surface area contributed by atoms with Gasteiger partial charge in [0, 0.05) is 12.8 Å². The molecule has 1 heterocycles. The van der Waals surface area contributed by atoms with Crippen molar-refractivity contribution in [2.45, 2.75) is 51.6 Å². The Bertz CT molecular complexity index is 424. The van der Waals surface area contributed by atoms with E-state index < -0.39 is 29.9 Å². The highest BCUT2D eigenvalue weighted by Gasteiger charge is 2.35. The Balaban J connectivity index is 1.84. The molecule has 1 aliphatic heterocycles. The van der Waals surface area contributed by atoms with Crippen molar-refractivity contribution in [3.63, 3.8) is 0 Å². The molecule has 1 saturated heterocycles. The van der Waals surface area contributed by atoms with Crippen molar-refractivity contribution in [1.29, 1.82) is 0 Å². The van der Waals surface area contributed by atoms with Crippen LogP contribution in [0.15, 0.2) is 0 Å². The number of amides is 2. The van der Waals surface area contributed by atoms with E-state index in [1.807, 2.05) is 0 Å². The molecule has 7 heteroatoms. The highest BCUT2D eigenvalue weighted by atomic mass is 16.7. The first-order valence-corrected chi connectivity index (χ1v) is 6.77. The number of rotatable bonds is 4. The molecular weight excluding hydrogens is 266 g/mol. The molecule has 0 N–H and O–H groups in total. The molecule has 0 aromatic heterocycles. The summed E-state index contributed by atoms with van der Waals surface area (Å²) in [6.45, 7) is 1.36. The van der Waals surface area contributed by atoms with Crippen LogP contribution in [0.3, 0.4) is 0 Å². The summed E-state index contributed by atoms with van der Waals surface area (Å²) in [6, 6.07) is 0. The molecular formula is C13H17NO6. The number of nitrogens with zero attached hydrogens (tertiary/aromatic N) is 1. The van der Waals surface area contributed by atoms with Gasteiger partial charge in [-0.1, -0.05) is 12.8 Å². The zero-order valence-corrected chi connectivity index (χ0v) is 11.3. The van der Waals surface area contributed by atoms with Gasteiger partial charge in [-0.25, -0.2) is 4.79 Å². The fraction of sp³-hybridized carbons (Fsp3) is 0.692. The Morgan fingerprint density at radius 1 is 1.15 bits per heavy atom. The van der Waals surface area contributed by atoms with Crippen molar-refractivity contribution in [2.75, 3.05) is 0 Å². The molecule has 0 radical (unpaired) electrons. The molecule has 2 rings (SSSR count). The van der Waals surface area contributed by atoms with E-state index in [4.69, 9.17) is 4.74 Å². The van der Waals surface area contributed by atoms with Gasteiger partial charge in [0.2, 0.25) is 0 Å². The van der Waals surface area contributed by atoms with Crippen molar-refractivity contribution in [3.8, 4) is 0 Å². The Kier molecular flexibility index (Phi) is 4.36. The second kappa shape index (κ2) is 6.02. The molecule has 2 amide bonds. The molecule has 1 aliphatic carbocycles. The summed E-state index contributed by atoms with van der Waals surface area (Å²) in [5.74, 6) is -2.62. The molecule has 110 valence electrons. The smallest absolute Gasteiger partial charge is 0.373 e. The summed E-state index contributed by atoms with van der Waals surface area (Å²) in [5.41, 5.74) is 0. The Hall–Kier alpha value is -1.92. The lowest BCUT2D eigenvalue weighted by Crippen LogP contribution is -2.37. The first kappa shape index (κ1) is 14.5. The van der Waals surface area contributed by atoms with E-state index in [-0.39, 0.29) is 18.8 Å². The fourth-order valence-electron chi connectivity index (χ4n) is 2.30. The third-order valence-corrected chi connectivity index (χ3v) is 3.50. The molecule has 2 aliphatic rings. The van der Waals surface area contributed by atoms with Crippen molar-refractivity contribution in [2.24, 2.45) is 5.92 Å². The highest BCUT2D eigenvalue weighted by molar-refractivity contribution is 6.01. The van der Waals surface area contributed by atoms with Gasteiger partial charge in [0.25, 0.3) is 11.8 Å². The molecule has 7 nitrogen and oxygen atoms in total. The van der Waals surface area contributed by atoms with Gasteiger partial charge >= 0.3 is 11.9 Å². The average molecular weight is 283 g/mol. The third kappa shape index (κ3) is 3.15. The van der Waals surface area contributed by atoms with Crippen molar-refractivity contribution < 1.29 is 28.8 Å². The maximum absolute atomic E-state index is 11.7. The summed E-state index contributed by atoms with van der Waals surface area (Å²) < 4.78 is 5.01. The zero-order valence-electron chi connectivity index (χ0n) is 11.3. The Morgan fingerprint density at radius 2 is 1.70 bits per heavy atom. The standard InChI is InChI=1S/C13H17NO6/c1-8(19-13(18)9-4-2-3-5-9)12(17)20-14-10(15)6-7-11(14)16/h8-9H,2-7H2,1H3/t8-/m0/s1. The number of carbonyl (C=O) groups excluding carboxylic acids is 4. The van der Waals surface area contributed by atoms with Gasteiger partial charge in [0.1, 0.15) is 0 Å². The average Bonchev–Trinajstić information content (AvgIpc) is 3.03. The number of esters is 1. The van der Waals surface area contributed by atoms with Gasteiger partial charge in [0.15, 0.2) is 6.10 Å². The molecule has 0 unspecified atom stereocenters. The lowest BCUT2D eigenvalue weighted by molar-refractivity contribution is -0.205. The minimum Gasteiger partial charge on any atom is -0.450 e. The number of carbonyl (C=O) groups is 4. The highest BCUT2D eigenvalue weighted by Crippen LogP contribution is 2.26. The predicted octanol–water partition coefficient (Wildman–Crippen LogP) is 0.715. The Morgan fingerprint density at radius 3 is 2.25 bits per heavy atom. The van der Waals surface area contributed by atoms with Crippen molar-refractivity contribution in [1.82, 2.24) is 5.06 Å². The van der Waals surface area contributed by atoms with Gasteiger partial charge in [-0.3, -0.25) is 14.4 Å². The van der Waals surface area contributed by atoms with E-state index >= 15 is 0 Å². The molecule has 1 saturated carbocycles. The second-order valence-corrected chi connectivity index (χ2v) is 5.05. The minimum absolute atomic E-state index is 0.0301. The van der Waals surface area contributed by atoms with Crippen molar-refractivity contribution >= 4 is 23.8 Å². The summed E-state index contributed by atoms with van der Waals surface area (Å²) in [7, 11) is 0. The molecule has 0 aromatic rings. The van der Waals surface area contributed by atoms with E-state index in [0.29, 0.717) is 5.06 Å². The van der Waals surface area contributed by atoms with Gasteiger partial charge in [-0.2, -0.15) is 0 Å². The molecule has 0 aromatic carbocycles. The monoisotopic (exact) mass is 283 g/mol. The number of hydrogen-bond acceptors (Lipinski definition) is 6. The van der Waals surface area contributed by atoms with E-state index in [1.54, 1.807) is 0 Å². The number of hydrogen-bond donors (Lipinski definition) is 0. The molecule has 20 heavy (non-hydrogen) atoms. The van der Waals surface area contributed by atoms with Crippen LogP contribution in [0.4, 0.5) is 0 Å². The largest absolute Gasteiger partial charge is 0.450 e. The number of hydroxylamine groups is 2. The molecule has 1 atom stereocenters. The first-order valence-electron chi connectivity index (χ1n) is 6.77. The second-order valence-electron chi connectivity index (χ2n) is 5.05. The van der Waals surface area contributed by atoms with Crippen LogP contribution in [-0.2, 0) is 28.8 Å². The zero-order chi connectivity index (χ0) is 14.7. The number of ether oxygens (including phenoxy) is 1. The summed E-state index contributed by atoms with van der Waals surface area (Å²) in [5, 5.41) is 0.447. The fourth-order valence-corrected chi connectivity index (χ4v) is 2.30. The van der Waals surface area contributed by atoms with Crippen molar-refractivity contribution in [3.05, 3.63) is 0 Å². The van der Waals surface area contributed by atoms with Crippen LogP contribution in [0.2, 0.25) is 0 Å². The summed E-state index contributed by atoms with van der Waals surface area (Å²) in [6.07, 6.45) is 2.42. The van der Waals surface area contributed by atoms with Gasteiger partial charge in [-0.05, 0) is 19.8 Å². The van der Waals surface area contributed by atoms with Crippen LogP contribution >= 0.6 is 0 Å². The van der Waals surface area contributed by atoms with Crippen LogP contribution in [0.5, 0.6) is 0 Å². The predicted molar refractivity (Wildman–Crippen MR) is 64.7 cm³/mol. The van der Waals surface area contributed by atoms with E-state index in [1.165, 1.54) is 6.92 Å². The Labute approximate surface area is 116 Å². The van der Waals surface area contributed by atoms with Crippen LogP contribution in [0.25, 0.3) is 0 Å². The van der Waals surface area contributed by atoms with Crippen LogP contribution < -0.4 is 0 Å². The lowest BCUT2D eigenvalue weighted by Gasteiger charge is -2.18. The number of imide groups is 1. The maximum Gasteiger partial charge on any atom is 0.373 e. The summed E-state index contributed by atoms with van der Waals surface area (Å²) >= 11 is 0. The van der Waals surface area contributed by atoms with E-state index in [2.05, 4.69) is 4.84 Å². The molecule has 2 fully saturated rings. The molecule has 0 bridgehead atoms. The van der Waals surface area contributed by atoms with Crippen LogP contribution in [0, 0.1) is 5.92 Å². The first-order chi connectivity index (χ1) is 9.49. The third-order valence-electron chi connectivity index (χ3n) is 3.50. The maximum atomic E-state index is 11.7. The van der Waals surface area contributed by atoms with E-state index in [0.717, 1.165) is 25.7 Å². The van der Waals surface area contributed by atoms with Crippen LogP contribution in [0.1, 0.15) is 45.4 Å². The lowest BCUT2D eigenvalue weighted by atomic mass is 10.1. The quantitative estimate of drug-likeness (QED) is 0.557. The van der Waals surface area contributed by atoms with E-state index in [9.17, 15) is 19.2 Å². The summed E-state index contributed by atoms with van der Waals surface area (Å²) in [4.78, 5) is 50.7. The SMILES string of the molecule is C[C@H](OC(=O)C1CCCC1)C(=O)ON1C(=O)CCC1=O. The van der Waals surface area contributed by atoms with Gasteiger partial charge < -0.3 is 9.57 Å². The topological polar surface area (TPSA) is 90.0 Å². The minimum atomic E-state index is -1.13. The van der Waals surface area contributed by atoms with Gasteiger partial charge in [-0.15, -0.1) is 5.06 Å².